The fourth-order valence-electron chi connectivity index (χ4n) is 2.55. The molecule has 0 aliphatic heterocycles. The first-order valence-corrected chi connectivity index (χ1v) is 8.28. The number of nitrogens with zero attached hydrogens (tertiary/aromatic N) is 3. The Morgan fingerprint density at radius 2 is 2.00 bits per heavy atom. The smallest absolute Gasteiger partial charge is 0.160 e. The maximum atomic E-state index is 4.84. The molecule has 0 bridgehead atoms. The summed E-state index contributed by atoms with van der Waals surface area (Å²) in [6.07, 6.45) is 1.91. The number of hydrogen-bond donors (Lipinski definition) is 0. The minimum absolute atomic E-state index is 0.868. The number of hydrogen-bond acceptors (Lipinski definition) is 3. The molecule has 0 aliphatic carbocycles. The van der Waals surface area contributed by atoms with Crippen molar-refractivity contribution in [2.75, 3.05) is 5.75 Å². The second kappa shape index (κ2) is 5.90. The van der Waals surface area contributed by atoms with Crippen LogP contribution in [0.2, 0.25) is 0 Å². The van der Waals surface area contributed by atoms with Crippen LogP contribution in [0.3, 0.4) is 0 Å². The number of benzene rings is 1. The summed E-state index contributed by atoms with van der Waals surface area (Å²) in [7, 11) is 0. The van der Waals surface area contributed by atoms with E-state index in [1.54, 1.807) is 0 Å². The summed E-state index contributed by atoms with van der Waals surface area (Å²) < 4.78 is 2.20. The van der Waals surface area contributed by atoms with Crippen molar-refractivity contribution in [2.24, 2.45) is 0 Å². The van der Waals surface area contributed by atoms with Crippen LogP contribution >= 0.6 is 11.8 Å². The molecule has 3 nitrogen and oxygen atoms in total. The highest BCUT2D eigenvalue weighted by atomic mass is 32.2. The third kappa shape index (κ3) is 2.56. The number of aryl methyl sites for hydroxylation is 2. The van der Waals surface area contributed by atoms with Gasteiger partial charge in [0.05, 0.1) is 0 Å². The minimum atomic E-state index is 0.868. The lowest BCUT2D eigenvalue weighted by Crippen LogP contribution is -1.99. The van der Waals surface area contributed by atoms with Gasteiger partial charge < -0.3 is 4.57 Å². The summed E-state index contributed by atoms with van der Waals surface area (Å²) in [6, 6.07) is 10.6. The summed E-state index contributed by atoms with van der Waals surface area (Å²) in [5.74, 6) is 2.07. The van der Waals surface area contributed by atoms with E-state index < -0.39 is 0 Å². The second-order valence-electron chi connectivity index (χ2n) is 4.96. The van der Waals surface area contributed by atoms with E-state index in [4.69, 9.17) is 4.98 Å². The van der Waals surface area contributed by atoms with Gasteiger partial charge in [0, 0.05) is 23.2 Å². The predicted octanol–water partition coefficient (Wildman–Crippen LogP) is 4.54. The number of aromatic nitrogens is 3. The Bertz CT molecular complexity index is 777. The van der Waals surface area contributed by atoms with Crippen molar-refractivity contribution >= 4 is 22.9 Å². The largest absolute Gasteiger partial charge is 0.309 e. The van der Waals surface area contributed by atoms with Gasteiger partial charge in [-0.05, 0) is 37.3 Å². The van der Waals surface area contributed by atoms with Crippen molar-refractivity contribution in [2.45, 2.75) is 32.2 Å². The van der Waals surface area contributed by atoms with Gasteiger partial charge in [-0.1, -0.05) is 25.1 Å². The van der Waals surface area contributed by atoms with Crippen molar-refractivity contribution in [3.8, 4) is 11.4 Å². The SMILES string of the molecule is CCSc1ccccc1-c1nc2cc(C)cnc2n1CC. The first kappa shape index (κ1) is 14.1. The van der Waals surface area contributed by atoms with Gasteiger partial charge >= 0.3 is 0 Å². The molecule has 0 amide bonds. The van der Waals surface area contributed by atoms with E-state index in [1.165, 1.54) is 10.5 Å². The van der Waals surface area contributed by atoms with Gasteiger partial charge in [-0.3, -0.25) is 0 Å². The van der Waals surface area contributed by atoms with E-state index in [2.05, 4.69) is 60.7 Å². The molecule has 21 heavy (non-hydrogen) atoms. The third-order valence-electron chi connectivity index (χ3n) is 3.47. The van der Waals surface area contributed by atoms with E-state index in [-0.39, 0.29) is 0 Å². The van der Waals surface area contributed by atoms with Gasteiger partial charge in [0.1, 0.15) is 11.3 Å². The molecule has 0 fully saturated rings. The van der Waals surface area contributed by atoms with E-state index >= 15 is 0 Å². The monoisotopic (exact) mass is 297 g/mol. The van der Waals surface area contributed by atoms with Gasteiger partial charge in [0.2, 0.25) is 0 Å². The summed E-state index contributed by atoms with van der Waals surface area (Å²) in [5.41, 5.74) is 4.28. The Kier molecular flexibility index (Phi) is 3.97. The normalized spacial score (nSPS) is 11.2. The molecular formula is C17H19N3S. The lowest BCUT2D eigenvalue weighted by Gasteiger charge is -2.09. The van der Waals surface area contributed by atoms with Gasteiger partial charge in [-0.2, -0.15) is 0 Å². The average Bonchev–Trinajstić information content (AvgIpc) is 2.85. The van der Waals surface area contributed by atoms with E-state index in [1.807, 2.05) is 18.0 Å². The van der Waals surface area contributed by atoms with Crippen molar-refractivity contribution in [1.29, 1.82) is 0 Å². The topological polar surface area (TPSA) is 30.7 Å². The zero-order chi connectivity index (χ0) is 14.8. The fourth-order valence-corrected chi connectivity index (χ4v) is 3.35. The number of imidazole rings is 1. The van der Waals surface area contributed by atoms with Crippen LogP contribution in [0.4, 0.5) is 0 Å². The average molecular weight is 297 g/mol. The lowest BCUT2D eigenvalue weighted by molar-refractivity contribution is 0.785. The molecule has 108 valence electrons. The number of rotatable bonds is 4. The van der Waals surface area contributed by atoms with Crippen LogP contribution in [0.1, 0.15) is 19.4 Å². The number of pyridine rings is 1. The lowest BCUT2D eigenvalue weighted by atomic mass is 10.2. The van der Waals surface area contributed by atoms with Crippen LogP contribution in [0.25, 0.3) is 22.6 Å². The van der Waals surface area contributed by atoms with E-state index in [9.17, 15) is 0 Å². The highest BCUT2D eigenvalue weighted by molar-refractivity contribution is 7.99. The van der Waals surface area contributed by atoms with Gasteiger partial charge in [0.15, 0.2) is 5.65 Å². The molecule has 0 radical (unpaired) electrons. The van der Waals surface area contributed by atoms with Crippen LogP contribution in [0.5, 0.6) is 0 Å². The van der Waals surface area contributed by atoms with Crippen molar-refractivity contribution in [3.05, 3.63) is 42.1 Å². The molecular weight excluding hydrogens is 278 g/mol. The Morgan fingerprint density at radius 1 is 1.19 bits per heavy atom. The van der Waals surface area contributed by atoms with Gasteiger partial charge in [0.25, 0.3) is 0 Å². The first-order chi connectivity index (χ1) is 10.2. The molecule has 3 rings (SSSR count). The van der Waals surface area contributed by atoms with Gasteiger partial charge in [-0.25, -0.2) is 9.97 Å². The summed E-state index contributed by atoms with van der Waals surface area (Å²) in [5, 5.41) is 0. The molecule has 2 heterocycles. The standard InChI is InChI=1S/C17H19N3S/c1-4-20-16(13-8-6-7-9-15(13)21-5-2)19-14-10-12(3)11-18-17(14)20/h6-11H,4-5H2,1-3H3. The predicted molar refractivity (Wildman–Crippen MR) is 89.8 cm³/mol. The maximum Gasteiger partial charge on any atom is 0.160 e. The summed E-state index contributed by atoms with van der Waals surface area (Å²) in [6.45, 7) is 7.24. The van der Waals surface area contributed by atoms with Crippen molar-refractivity contribution in [3.63, 3.8) is 0 Å². The Balaban J connectivity index is 2.25. The van der Waals surface area contributed by atoms with Crippen molar-refractivity contribution < 1.29 is 0 Å². The zero-order valence-corrected chi connectivity index (χ0v) is 13.4. The first-order valence-electron chi connectivity index (χ1n) is 7.29. The number of fused-ring (bicyclic) bond motifs is 1. The van der Waals surface area contributed by atoms with E-state index in [0.29, 0.717) is 0 Å². The molecule has 3 aromatic rings. The van der Waals surface area contributed by atoms with Gasteiger partial charge in [-0.15, -0.1) is 11.8 Å². The van der Waals surface area contributed by atoms with Crippen LogP contribution in [0.15, 0.2) is 41.4 Å². The van der Waals surface area contributed by atoms with Crippen LogP contribution in [-0.2, 0) is 6.54 Å². The molecule has 4 heteroatoms. The van der Waals surface area contributed by atoms with Crippen LogP contribution < -0.4 is 0 Å². The molecule has 0 atom stereocenters. The molecule has 0 N–H and O–H groups in total. The molecule has 0 spiro atoms. The molecule has 0 saturated carbocycles. The zero-order valence-electron chi connectivity index (χ0n) is 12.6. The maximum absolute atomic E-state index is 4.84. The fraction of sp³-hybridized carbons (Fsp3) is 0.294. The highest BCUT2D eigenvalue weighted by Gasteiger charge is 2.15. The molecule has 0 saturated heterocycles. The quantitative estimate of drug-likeness (QED) is 0.662. The number of thioether (sulfide) groups is 1. The molecule has 1 aromatic carbocycles. The molecule has 2 aromatic heterocycles. The Morgan fingerprint density at radius 3 is 2.76 bits per heavy atom. The Labute approximate surface area is 129 Å². The summed E-state index contributed by atoms with van der Waals surface area (Å²) >= 11 is 1.86. The van der Waals surface area contributed by atoms with Crippen molar-refractivity contribution in [1.82, 2.24) is 14.5 Å². The van der Waals surface area contributed by atoms with E-state index in [0.717, 1.165) is 34.8 Å². The third-order valence-corrected chi connectivity index (χ3v) is 4.42. The molecule has 0 unspecified atom stereocenters. The molecule has 0 aliphatic rings. The summed E-state index contributed by atoms with van der Waals surface area (Å²) in [4.78, 5) is 10.7. The Hall–Kier alpha value is -1.81. The second-order valence-corrected chi connectivity index (χ2v) is 6.27. The van der Waals surface area contributed by atoms with Crippen LogP contribution in [-0.4, -0.2) is 20.3 Å². The van der Waals surface area contributed by atoms with Crippen LogP contribution in [0, 0.1) is 6.92 Å². The highest BCUT2D eigenvalue weighted by Crippen LogP contribution is 2.32. The minimum Gasteiger partial charge on any atom is -0.309 e.